The van der Waals surface area contributed by atoms with Gasteiger partial charge in [0, 0.05) is 17.8 Å². The summed E-state index contributed by atoms with van der Waals surface area (Å²) in [5, 5.41) is 3.41. The molecule has 3 aromatic carbocycles. The monoisotopic (exact) mass is 312 g/mol. The van der Waals surface area contributed by atoms with E-state index >= 15 is 0 Å². The first-order chi connectivity index (χ1) is 11.6. The number of fused-ring (bicyclic) bond motifs is 2. The van der Waals surface area contributed by atoms with E-state index in [1.807, 2.05) is 0 Å². The number of rotatable bonds is 1. The van der Waals surface area contributed by atoms with Gasteiger partial charge in [0.05, 0.1) is 22.1 Å². The maximum Gasteiger partial charge on any atom is 0.0823 e. The molecule has 0 aliphatic rings. The molecule has 2 nitrogen and oxygen atoms in total. The summed E-state index contributed by atoms with van der Waals surface area (Å²) < 4.78 is 2.24. The minimum Gasteiger partial charge on any atom is -0.344 e. The molecule has 0 N–H and O–H groups in total. The highest BCUT2D eigenvalue weighted by Crippen LogP contribution is 2.22. The van der Waals surface area contributed by atoms with E-state index in [1.54, 1.807) is 0 Å². The van der Waals surface area contributed by atoms with Gasteiger partial charge in [-0.15, -0.1) is 0 Å². The van der Waals surface area contributed by atoms with Crippen LogP contribution in [0.25, 0.3) is 21.8 Å². The van der Waals surface area contributed by atoms with E-state index in [-0.39, 0.29) is 0 Å². The van der Waals surface area contributed by atoms with Crippen molar-refractivity contribution in [1.29, 1.82) is 0 Å². The third kappa shape index (κ3) is 2.31. The summed E-state index contributed by atoms with van der Waals surface area (Å²) in [6, 6.07) is 23.4. The standard InChI is InChI=1S/C22H20N2/c1-15-12-13-19(16(2)14-15)23-22-17-8-4-6-10-20(17)24(3)21-11-7-5-9-18(21)22/h4-14H,1-3H3. The molecule has 0 spiro atoms. The molecule has 0 saturated carbocycles. The van der Waals surface area contributed by atoms with Crippen LogP contribution in [0.1, 0.15) is 11.1 Å². The van der Waals surface area contributed by atoms with E-state index in [0.717, 1.165) is 11.0 Å². The van der Waals surface area contributed by atoms with Crippen molar-refractivity contribution in [1.82, 2.24) is 4.57 Å². The second-order valence-corrected chi connectivity index (χ2v) is 6.34. The molecule has 1 aromatic heterocycles. The minimum atomic E-state index is 1.03. The molecule has 0 radical (unpaired) electrons. The minimum absolute atomic E-state index is 1.03. The summed E-state index contributed by atoms with van der Waals surface area (Å²) in [5.41, 5.74) is 5.89. The highest BCUT2D eigenvalue weighted by atomic mass is 14.9. The summed E-state index contributed by atoms with van der Waals surface area (Å²) in [5.74, 6) is 0. The lowest BCUT2D eigenvalue weighted by atomic mass is 10.1. The molecule has 0 fully saturated rings. The predicted molar refractivity (Wildman–Crippen MR) is 102 cm³/mol. The number of hydrogen-bond acceptors (Lipinski definition) is 1. The van der Waals surface area contributed by atoms with Gasteiger partial charge in [-0.25, -0.2) is 4.99 Å². The Morgan fingerprint density at radius 1 is 0.750 bits per heavy atom. The SMILES string of the molecule is Cc1ccc(N=c2c3ccccc3n(C)c3ccccc23)c(C)c1. The van der Waals surface area contributed by atoms with Crippen molar-refractivity contribution in [3.63, 3.8) is 0 Å². The van der Waals surface area contributed by atoms with E-state index in [4.69, 9.17) is 4.99 Å². The third-order valence-corrected chi connectivity index (χ3v) is 4.63. The van der Waals surface area contributed by atoms with Crippen LogP contribution < -0.4 is 5.36 Å². The zero-order valence-electron chi connectivity index (χ0n) is 14.2. The van der Waals surface area contributed by atoms with Crippen LogP contribution in [0, 0.1) is 13.8 Å². The summed E-state index contributed by atoms with van der Waals surface area (Å²) in [4.78, 5) is 5.07. The average molecular weight is 312 g/mol. The fraction of sp³-hybridized carbons (Fsp3) is 0.136. The molecule has 0 unspecified atom stereocenters. The Morgan fingerprint density at radius 3 is 1.92 bits per heavy atom. The van der Waals surface area contributed by atoms with Crippen molar-refractivity contribution in [2.45, 2.75) is 13.8 Å². The van der Waals surface area contributed by atoms with E-state index < -0.39 is 0 Å². The third-order valence-electron chi connectivity index (χ3n) is 4.63. The van der Waals surface area contributed by atoms with Crippen molar-refractivity contribution in [3.05, 3.63) is 83.2 Å². The lowest BCUT2D eigenvalue weighted by molar-refractivity contribution is 1.00. The van der Waals surface area contributed by atoms with Crippen LogP contribution in [0.5, 0.6) is 0 Å². The molecule has 0 aliphatic carbocycles. The Bertz CT molecular complexity index is 1070. The summed E-state index contributed by atoms with van der Waals surface area (Å²) >= 11 is 0. The van der Waals surface area contributed by atoms with Gasteiger partial charge in [-0.05, 0) is 37.6 Å². The number of para-hydroxylation sites is 2. The van der Waals surface area contributed by atoms with Gasteiger partial charge in [-0.1, -0.05) is 54.1 Å². The predicted octanol–water partition coefficient (Wildman–Crippen LogP) is 5.18. The Hall–Kier alpha value is -2.87. The first kappa shape index (κ1) is 14.7. The second kappa shape index (κ2) is 5.64. The largest absolute Gasteiger partial charge is 0.344 e. The Balaban J connectivity index is 2.20. The average Bonchev–Trinajstić information content (AvgIpc) is 2.60. The van der Waals surface area contributed by atoms with Crippen molar-refractivity contribution in [2.24, 2.45) is 12.0 Å². The highest BCUT2D eigenvalue weighted by molar-refractivity contribution is 5.93. The Kier molecular flexibility index (Phi) is 3.46. The molecule has 0 atom stereocenters. The molecular weight excluding hydrogens is 292 g/mol. The summed E-state index contributed by atoms with van der Waals surface area (Å²) in [6.45, 7) is 4.24. The van der Waals surface area contributed by atoms with Crippen LogP contribution in [0.4, 0.5) is 5.69 Å². The fourth-order valence-electron chi connectivity index (χ4n) is 3.38. The normalized spacial score (nSPS) is 11.1. The molecule has 2 heteroatoms. The van der Waals surface area contributed by atoms with Gasteiger partial charge >= 0.3 is 0 Å². The fourth-order valence-corrected chi connectivity index (χ4v) is 3.38. The van der Waals surface area contributed by atoms with Gasteiger partial charge in [-0.3, -0.25) is 0 Å². The highest BCUT2D eigenvalue weighted by Gasteiger charge is 2.07. The maximum atomic E-state index is 5.07. The van der Waals surface area contributed by atoms with Gasteiger partial charge in [0.25, 0.3) is 0 Å². The molecule has 24 heavy (non-hydrogen) atoms. The molecule has 1 heterocycles. The van der Waals surface area contributed by atoms with Crippen LogP contribution in [-0.4, -0.2) is 4.57 Å². The molecule has 0 aliphatic heterocycles. The van der Waals surface area contributed by atoms with Crippen molar-refractivity contribution >= 4 is 27.5 Å². The number of pyridine rings is 1. The number of benzene rings is 3. The van der Waals surface area contributed by atoms with E-state index in [9.17, 15) is 0 Å². The number of aryl methyl sites for hydroxylation is 3. The van der Waals surface area contributed by atoms with Crippen LogP contribution in [-0.2, 0) is 7.05 Å². The number of nitrogens with zero attached hydrogens (tertiary/aromatic N) is 2. The molecule has 0 saturated heterocycles. The van der Waals surface area contributed by atoms with Crippen LogP contribution in [0.3, 0.4) is 0 Å². The molecule has 4 aromatic rings. The second-order valence-electron chi connectivity index (χ2n) is 6.34. The first-order valence-corrected chi connectivity index (χ1v) is 8.23. The van der Waals surface area contributed by atoms with Gasteiger partial charge < -0.3 is 4.57 Å². The summed E-state index contributed by atoms with van der Waals surface area (Å²) in [6.07, 6.45) is 0. The summed E-state index contributed by atoms with van der Waals surface area (Å²) in [7, 11) is 2.12. The molecule has 0 bridgehead atoms. The lowest BCUT2D eigenvalue weighted by Crippen LogP contribution is -2.10. The van der Waals surface area contributed by atoms with Crippen molar-refractivity contribution in [2.75, 3.05) is 0 Å². The molecule has 0 amide bonds. The zero-order chi connectivity index (χ0) is 16.7. The lowest BCUT2D eigenvalue weighted by Gasteiger charge is -2.12. The maximum absolute atomic E-state index is 5.07. The van der Waals surface area contributed by atoms with Gasteiger partial charge in [0.2, 0.25) is 0 Å². The van der Waals surface area contributed by atoms with E-state index in [2.05, 4.69) is 92.2 Å². The Morgan fingerprint density at radius 2 is 1.33 bits per heavy atom. The first-order valence-electron chi connectivity index (χ1n) is 8.23. The van der Waals surface area contributed by atoms with Crippen molar-refractivity contribution < 1.29 is 0 Å². The molecule has 4 rings (SSSR count). The van der Waals surface area contributed by atoms with Crippen LogP contribution >= 0.6 is 0 Å². The zero-order valence-corrected chi connectivity index (χ0v) is 14.2. The van der Waals surface area contributed by atoms with Crippen molar-refractivity contribution in [3.8, 4) is 0 Å². The van der Waals surface area contributed by atoms with Crippen LogP contribution in [0.2, 0.25) is 0 Å². The Labute approximate surface area is 141 Å². The van der Waals surface area contributed by atoms with E-state index in [1.165, 1.54) is 32.9 Å². The van der Waals surface area contributed by atoms with E-state index in [0.29, 0.717) is 0 Å². The number of aromatic nitrogens is 1. The molecular formula is C22H20N2. The number of hydrogen-bond donors (Lipinski definition) is 0. The van der Waals surface area contributed by atoms with Gasteiger partial charge in [0.15, 0.2) is 0 Å². The van der Waals surface area contributed by atoms with Crippen LogP contribution in [0.15, 0.2) is 71.7 Å². The molecule has 118 valence electrons. The van der Waals surface area contributed by atoms with Gasteiger partial charge in [-0.2, -0.15) is 0 Å². The topological polar surface area (TPSA) is 17.3 Å². The quantitative estimate of drug-likeness (QED) is 0.431. The van der Waals surface area contributed by atoms with Gasteiger partial charge in [0.1, 0.15) is 0 Å². The smallest absolute Gasteiger partial charge is 0.0823 e.